The second kappa shape index (κ2) is 9.81. The van der Waals surface area contributed by atoms with Gasteiger partial charge in [0.2, 0.25) is 0 Å². The van der Waals surface area contributed by atoms with Crippen LogP contribution in [0, 0.1) is 18.2 Å². The van der Waals surface area contributed by atoms with E-state index in [4.69, 9.17) is 10.8 Å². The first-order valence-corrected chi connectivity index (χ1v) is 9.30. The molecule has 150 valence electrons. The van der Waals surface area contributed by atoms with Crippen LogP contribution in [-0.2, 0) is 4.79 Å². The largest absolute Gasteiger partial charge is 0.480 e. The third kappa shape index (κ3) is 6.92. The van der Waals surface area contributed by atoms with Crippen LogP contribution in [0.25, 0.3) is 5.57 Å². The Bertz CT molecular complexity index is 718. The molecule has 1 rings (SSSR count). The highest BCUT2D eigenvalue weighted by molar-refractivity contribution is 5.76. The molecule has 0 aliphatic heterocycles. The van der Waals surface area contributed by atoms with Gasteiger partial charge in [-0.2, -0.15) is 0 Å². The molecule has 27 heavy (non-hydrogen) atoms. The number of halogens is 1. The topological polar surface area (TPSA) is 75.3 Å². The van der Waals surface area contributed by atoms with E-state index < -0.39 is 12.0 Å². The van der Waals surface area contributed by atoms with Gasteiger partial charge in [-0.1, -0.05) is 44.6 Å². The first-order chi connectivity index (χ1) is 12.5. The standard InChI is InChI=1S/C22H33FN2O2/c1-7-16(18-13-17(23)9-8-14(18)2)12-15(3)20(22(4,5)6)25-11-10-19(24)21(26)27/h7-9,12-13,19-20,25H,10-11,24H2,1-6H3,(H,26,27)/b15-12+,16-7+/t19-,20-/m0/s1. The summed E-state index contributed by atoms with van der Waals surface area (Å²) in [4.78, 5) is 10.9. The molecule has 1 aromatic carbocycles. The number of nitrogens with two attached hydrogens (primary N) is 1. The van der Waals surface area contributed by atoms with Gasteiger partial charge in [-0.15, -0.1) is 0 Å². The van der Waals surface area contributed by atoms with Crippen LogP contribution >= 0.6 is 0 Å². The van der Waals surface area contributed by atoms with Gasteiger partial charge in [-0.3, -0.25) is 4.79 Å². The molecule has 4 nitrogen and oxygen atoms in total. The van der Waals surface area contributed by atoms with Crippen LogP contribution < -0.4 is 11.1 Å². The molecule has 0 fully saturated rings. The van der Waals surface area contributed by atoms with E-state index in [2.05, 4.69) is 32.2 Å². The Morgan fingerprint density at radius 2 is 2.00 bits per heavy atom. The maximum absolute atomic E-state index is 13.7. The zero-order valence-electron chi connectivity index (χ0n) is 17.3. The Balaban J connectivity index is 3.07. The number of hydrogen-bond donors (Lipinski definition) is 3. The number of aliphatic carboxylic acids is 1. The van der Waals surface area contributed by atoms with Crippen molar-refractivity contribution >= 4 is 11.5 Å². The predicted molar refractivity (Wildman–Crippen MR) is 110 cm³/mol. The van der Waals surface area contributed by atoms with E-state index in [1.165, 1.54) is 6.07 Å². The van der Waals surface area contributed by atoms with E-state index in [-0.39, 0.29) is 17.3 Å². The Morgan fingerprint density at radius 1 is 1.37 bits per heavy atom. The van der Waals surface area contributed by atoms with Crippen molar-refractivity contribution in [1.29, 1.82) is 0 Å². The molecule has 2 atom stereocenters. The van der Waals surface area contributed by atoms with Crippen LogP contribution in [0.3, 0.4) is 0 Å². The van der Waals surface area contributed by atoms with Crippen LogP contribution in [0.4, 0.5) is 4.39 Å². The molecular formula is C22H33FN2O2. The van der Waals surface area contributed by atoms with E-state index in [9.17, 15) is 9.18 Å². The van der Waals surface area contributed by atoms with Gasteiger partial charge in [-0.05, 0) is 68.0 Å². The number of aryl methyl sites for hydroxylation is 1. The summed E-state index contributed by atoms with van der Waals surface area (Å²) in [7, 11) is 0. The van der Waals surface area contributed by atoms with Crippen molar-refractivity contribution in [2.45, 2.75) is 60.0 Å². The molecule has 0 saturated heterocycles. The maximum atomic E-state index is 13.7. The number of allylic oxidation sites excluding steroid dienone is 3. The van der Waals surface area contributed by atoms with E-state index in [0.717, 1.165) is 22.3 Å². The van der Waals surface area contributed by atoms with Gasteiger partial charge in [0.25, 0.3) is 0 Å². The Labute approximate surface area is 162 Å². The predicted octanol–water partition coefficient (Wildman–Crippen LogP) is 4.29. The van der Waals surface area contributed by atoms with Crippen molar-refractivity contribution in [3.63, 3.8) is 0 Å². The smallest absolute Gasteiger partial charge is 0.320 e. The maximum Gasteiger partial charge on any atom is 0.320 e. The average Bonchev–Trinajstić information content (AvgIpc) is 2.57. The first-order valence-electron chi connectivity index (χ1n) is 9.30. The number of rotatable bonds is 8. The Morgan fingerprint density at radius 3 is 2.52 bits per heavy atom. The van der Waals surface area contributed by atoms with E-state index in [1.54, 1.807) is 12.1 Å². The number of carbonyl (C=O) groups is 1. The highest BCUT2D eigenvalue weighted by atomic mass is 19.1. The van der Waals surface area contributed by atoms with Gasteiger partial charge in [0.1, 0.15) is 11.9 Å². The molecule has 0 aromatic heterocycles. The van der Waals surface area contributed by atoms with Crippen LogP contribution in [0.2, 0.25) is 0 Å². The van der Waals surface area contributed by atoms with Gasteiger partial charge in [0.15, 0.2) is 0 Å². The van der Waals surface area contributed by atoms with Crippen molar-refractivity contribution in [3.05, 3.63) is 52.9 Å². The lowest BCUT2D eigenvalue weighted by atomic mass is 9.81. The summed E-state index contributed by atoms with van der Waals surface area (Å²) in [5.74, 6) is -1.25. The zero-order valence-corrected chi connectivity index (χ0v) is 17.3. The molecule has 0 heterocycles. The van der Waals surface area contributed by atoms with Gasteiger partial charge in [0.05, 0.1) is 0 Å². The van der Waals surface area contributed by atoms with Gasteiger partial charge in [-0.25, -0.2) is 4.39 Å². The van der Waals surface area contributed by atoms with Gasteiger partial charge in [0, 0.05) is 6.04 Å². The number of carboxylic acid groups (broad SMARTS) is 1. The fraction of sp³-hybridized carbons (Fsp3) is 0.500. The normalized spacial score (nSPS) is 15.6. The summed E-state index contributed by atoms with van der Waals surface area (Å²) in [5, 5.41) is 12.4. The summed E-state index contributed by atoms with van der Waals surface area (Å²) in [6.07, 6.45) is 4.40. The molecule has 0 amide bonds. The van der Waals surface area contributed by atoms with E-state index in [1.807, 2.05) is 26.8 Å². The molecule has 0 spiro atoms. The van der Waals surface area contributed by atoms with Crippen molar-refractivity contribution in [2.75, 3.05) is 6.54 Å². The molecule has 0 bridgehead atoms. The van der Waals surface area contributed by atoms with Crippen molar-refractivity contribution in [3.8, 4) is 0 Å². The Hall–Kier alpha value is -1.98. The summed E-state index contributed by atoms with van der Waals surface area (Å²) in [5.41, 5.74) is 9.47. The Kier molecular flexibility index (Phi) is 8.38. The third-order valence-electron chi connectivity index (χ3n) is 4.65. The quantitative estimate of drug-likeness (QED) is 0.592. The number of hydrogen-bond acceptors (Lipinski definition) is 3. The van der Waals surface area contributed by atoms with Crippen molar-refractivity contribution in [1.82, 2.24) is 5.32 Å². The lowest BCUT2D eigenvalue weighted by molar-refractivity contribution is -0.138. The molecule has 0 unspecified atom stereocenters. The minimum atomic E-state index is -0.992. The number of nitrogens with one attached hydrogen (secondary N) is 1. The minimum absolute atomic E-state index is 0.0299. The summed E-state index contributed by atoms with van der Waals surface area (Å²) in [6.45, 7) is 12.8. The summed E-state index contributed by atoms with van der Waals surface area (Å²) >= 11 is 0. The highest BCUT2D eigenvalue weighted by Gasteiger charge is 2.26. The molecule has 0 aliphatic carbocycles. The molecule has 1 aromatic rings. The average molecular weight is 377 g/mol. The van der Waals surface area contributed by atoms with E-state index in [0.29, 0.717) is 13.0 Å². The second-order valence-corrected chi connectivity index (χ2v) is 8.08. The third-order valence-corrected chi connectivity index (χ3v) is 4.65. The lowest BCUT2D eigenvalue weighted by Crippen LogP contribution is -2.43. The van der Waals surface area contributed by atoms with Crippen molar-refractivity contribution < 1.29 is 14.3 Å². The molecule has 0 saturated carbocycles. The summed E-state index contributed by atoms with van der Waals surface area (Å²) in [6, 6.07) is 3.96. The molecule has 0 radical (unpaired) electrons. The second-order valence-electron chi connectivity index (χ2n) is 8.08. The molecular weight excluding hydrogens is 343 g/mol. The SMILES string of the molecule is C/C=C(\C=C(/C)[C@H](NCC[C@H](N)C(=O)O)C(C)(C)C)c1cc(F)ccc1C. The van der Waals surface area contributed by atoms with Crippen LogP contribution in [0.5, 0.6) is 0 Å². The number of benzene rings is 1. The van der Waals surface area contributed by atoms with Gasteiger partial charge >= 0.3 is 5.97 Å². The van der Waals surface area contributed by atoms with Crippen LogP contribution in [0.1, 0.15) is 52.2 Å². The minimum Gasteiger partial charge on any atom is -0.480 e. The fourth-order valence-corrected chi connectivity index (χ4v) is 3.21. The lowest BCUT2D eigenvalue weighted by Gasteiger charge is -2.33. The molecule has 5 heteroatoms. The monoisotopic (exact) mass is 376 g/mol. The first kappa shape index (κ1) is 23.1. The zero-order chi connectivity index (χ0) is 20.8. The summed E-state index contributed by atoms with van der Waals surface area (Å²) < 4.78 is 13.7. The fourth-order valence-electron chi connectivity index (χ4n) is 3.21. The van der Waals surface area contributed by atoms with Crippen LogP contribution in [0.15, 0.2) is 35.9 Å². The van der Waals surface area contributed by atoms with Crippen LogP contribution in [-0.4, -0.2) is 29.7 Å². The van der Waals surface area contributed by atoms with Gasteiger partial charge < -0.3 is 16.2 Å². The highest BCUT2D eigenvalue weighted by Crippen LogP contribution is 2.29. The molecule has 4 N–H and O–H groups in total. The van der Waals surface area contributed by atoms with Crippen molar-refractivity contribution in [2.24, 2.45) is 11.1 Å². The molecule has 0 aliphatic rings. The number of carboxylic acids is 1. The van der Waals surface area contributed by atoms with E-state index >= 15 is 0 Å².